The second-order valence-electron chi connectivity index (χ2n) is 10.6. The van der Waals surface area contributed by atoms with Crippen LogP contribution in [0, 0.1) is 0 Å². The van der Waals surface area contributed by atoms with Crippen molar-refractivity contribution in [2.45, 2.75) is 25.8 Å². The summed E-state index contributed by atoms with van der Waals surface area (Å²) >= 11 is 5.86. The molecule has 0 bridgehead atoms. The van der Waals surface area contributed by atoms with Crippen LogP contribution in [-0.4, -0.2) is 85.8 Å². The number of amides is 2. The molecule has 226 valence electrons. The molecule has 1 atom stereocenters. The summed E-state index contributed by atoms with van der Waals surface area (Å²) in [6.07, 6.45) is 0.810. The summed E-state index contributed by atoms with van der Waals surface area (Å²) in [6.45, 7) is 7.85. The van der Waals surface area contributed by atoms with Crippen molar-refractivity contribution in [1.29, 1.82) is 0 Å². The Morgan fingerprint density at radius 2 is 1.63 bits per heavy atom. The highest BCUT2D eigenvalue weighted by atomic mass is 32.1. The van der Waals surface area contributed by atoms with Gasteiger partial charge in [-0.2, -0.15) is 0 Å². The van der Waals surface area contributed by atoms with Crippen molar-refractivity contribution in [2.75, 3.05) is 68.1 Å². The van der Waals surface area contributed by atoms with Gasteiger partial charge in [-0.05, 0) is 80.6 Å². The monoisotopic (exact) mass is 601 g/mol. The number of para-hydroxylation sites is 1. The zero-order valence-corrected chi connectivity index (χ0v) is 25.6. The number of nitrogens with one attached hydrogen (secondary N) is 1. The fraction of sp³-hybridized carbons (Fsp3) is 0.364. The number of piperazine rings is 1. The van der Waals surface area contributed by atoms with Crippen molar-refractivity contribution in [3.05, 3.63) is 78.9 Å². The highest BCUT2D eigenvalue weighted by Gasteiger charge is 2.44. The van der Waals surface area contributed by atoms with Crippen LogP contribution < -0.4 is 24.6 Å². The SMILES string of the molecule is CCOc1ccc(NC(=O)CC2C(=O)N(c3cccc(OC)c3)C(=S)N2CCCN2CCN(c3ccccc3)CC2)cc1. The Morgan fingerprint density at radius 3 is 2.33 bits per heavy atom. The van der Waals surface area contributed by atoms with Crippen LogP contribution in [0.2, 0.25) is 0 Å². The summed E-state index contributed by atoms with van der Waals surface area (Å²) in [6, 6.07) is 24.3. The van der Waals surface area contributed by atoms with Crippen molar-refractivity contribution in [3.8, 4) is 11.5 Å². The Balaban J connectivity index is 1.23. The average Bonchev–Trinajstić information content (AvgIpc) is 3.26. The van der Waals surface area contributed by atoms with Crippen LogP contribution in [0.1, 0.15) is 19.8 Å². The molecule has 0 aromatic heterocycles. The lowest BCUT2D eigenvalue weighted by Gasteiger charge is -2.36. The second-order valence-corrected chi connectivity index (χ2v) is 11.0. The molecule has 10 heteroatoms. The van der Waals surface area contributed by atoms with E-state index >= 15 is 0 Å². The summed E-state index contributed by atoms with van der Waals surface area (Å²) < 4.78 is 10.9. The molecule has 5 rings (SSSR count). The van der Waals surface area contributed by atoms with Gasteiger partial charge in [0.2, 0.25) is 5.91 Å². The maximum Gasteiger partial charge on any atom is 0.256 e. The Kier molecular flexibility index (Phi) is 10.1. The third-order valence-electron chi connectivity index (χ3n) is 7.82. The summed E-state index contributed by atoms with van der Waals surface area (Å²) in [7, 11) is 1.59. The molecule has 1 unspecified atom stereocenters. The molecule has 0 saturated carbocycles. The van der Waals surface area contributed by atoms with Crippen LogP contribution in [0.5, 0.6) is 11.5 Å². The molecule has 2 heterocycles. The maximum absolute atomic E-state index is 13.8. The minimum Gasteiger partial charge on any atom is -0.497 e. The number of carbonyl (C=O) groups excluding carboxylic acids is 2. The smallest absolute Gasteiger partial charge is 0.256 e. The highest BCUT2D eigenvalue weighted by molar-refractivity contribution is 7.80. The van der Waals surface area contributed by atoms with Gasteiger partial charge in [0.05, 0.1) is 25.8 Å². The molecule has 2 amide bonds. The zero-order valence-electron chi connectivity index (χ0n) is 24.8. The Morgan fingerprint density at radius 1 is 0.907 bits per heavy atom. The summed E-state index contributed by atoms with van der Waals surface area (Å²) in [4.78, 5) is 35.3. The lowest BCUT2D eigenvalue weighted by Crippen LogP contribution is -2.47. The topological polar surface area (TPSA) is 77.6 Å². The number of carbonyl (C=O) groups is 2. The molecule has 2 fully saturated rings. The highest BCUT2D eigenvalue weighted by Crippen LogP contribution is 2.30. The first-order valence-electron chi connectivity index (χ1n) is 14.8. The van der Waals surface area contributed by atoms with Crippen LogP contribution in [0.3, 0.4) is 0 Å². The van der Waals surface area contributed by atoms with E-state index in [1.807, 2.05) is 48.2 Å². The molecule has 3 aromatic carbocycles. The molecule has 2 saturated heterocycles. The van der Waals surface area contributed by atoms with Crippen molar-refractivity contribution in [3.63, 3.8) is 0 Å². The molecular weight excluding hydrogens is 562 g/mol. The van der Waals surface area contributed by atoms with Gasteiger partial charge in [0.15, 0.2) is 5.11 Å². The number of anilines is 3. The van der Waals surface area contributed by atoms with Crippen molar-refractivity contribution >= 4 is 46.2 Å². The number of hydrogen-bond donors (Lipinski definition) is 1. The molecular formula is C33H39N5O4S. The number of hydrogen-bond acceptors (Lipinski definition) is 7. The van der Waals surface area contributed by atoms with Gasteiger partial charge >= 0.3 is 0 Å². The van der Waals surface area contributed by atoms with Crippen LogP contribution in [-0.2, 0) is 9.59 Å². The Labute approximate surface area is 259 Å². The number of thiocarbonyl (C=S) groups is 1. The van der Waals surface area contributed by atoms with Gasteiger partial charge < -0.3 is 24.6 Å². The second kappa shape index (κ2) is 14.3. The molecule has 2 aliphatic rings. The van der Waals surface area contributed by atoms with Gasteiger partial charge in [-0.15, -0.1) is 0 Å². The molecule has 0 aliphatic carbocycles. The molecule has 9 nitrogen and oxygen atoms in total. The maximum atomic E-state index is 13.8. The van der Waals surface area contributed by atoms with Gasteiger partial charge in [0, 0.05) is 50.2 Å². The van der Waals surface area contributed by atoms with Crippen molar-refractivity contribution in [2.24, 2.45) is 0 Å². The van der Waals surface area contributed by atoms with Crippen LogP contribution in [0.15, 0.2) is 78.9 Å². The van der Waals surface area contributed by atoms with E-state index in [-0.39, 0.29) is 18.2 Å². The standard InChI is InChI=1S/C33H39N5O4S/c1-3-42-28-15-13-25(14-16-28)34-31(39)24-30-32(40)38(27-11-7-12-29(23-27)41-2)33(43)37(30)18-8-17-35-19-21-36(22-20-35)26-9-5-4-6-10-26/h4-7,9-16,23,30H,3,8,17-22,24H2,1-2H3,(H,34,39). The predicted molar refractivity (Wildman–Crippen MR) is 174 cm³/mol. The van der Waals surface area contributed by atoms with E-state index in [0.29, 0.717) is 35.4 Å². The van der Waals surface area contributed by atoms with E-state index in [1.165, 1.54) is 10.6 Å². The fourth-order valence-corrected chi connectivity index (χ4v) is 6.01. The van der Waals surface area contributed by atoms with E-state index in [9.17, 15) is 9.59 Å². The van der Waals surface area contributed by atoms with Gasteiger partial charge in [-0.3, -0.25) is 19.4 Å². The number of rotatable bonds is 12. The van der Waals surface area contributed by atoms with E-state index in [0.717, 1.165) is 44.9 Å². The van der Waals surface area contributed by atoms with Gasteiger partial charge in [-0.1, -0.05) is 24.3 Å². The normalized spacial score (nSPS) is 17.3. The lowest BCUT2D eigenvalue weighted by molar-refractivity contribution is -0.124. The first-order chi connectivity index (χ1) is 21.0. The molecule has 0 radical (unpaired) electrons. The van der Waals surface area contributed by atoms with Gasteiger partial charge in [0.25, 0.3) is 5.91 Å². The molecule has 3 aromatic rings. The summed E-state index contributed by atoms with van der Waals surface area (Å²) in [5, 5.41) is 3.33. The molecule has 0 spiro atoms. The van der Waals surface area contributed by atoms with Crippen molar-refractivity contribution in [1.82, 2.24) is 9.80 Å². The lowest BCUT2D eigenvalue weighted by atomic mass is 10.1. The fourth-order valence-electron chi connectivity index (χ4n) is 5.60. The number of methoxy groups -OCH3 is 1. The molecule has 2 aliphatic heterocycles. The van der Waals surface area contributed by atoms with E-state index in [1.54, 1.807) is 25.3 Å². The van der Waals surface area contributed by atoms with E-state index < -0.39 is 6.04 Å². The minimum absolute atomic E-state index is 0.0115. The Bertz CT molecular complexity index is 1400. The number of ether oxygens (including phenoxy) is 2. The van der Waals surface area contributed by atoms with Crippen molar-refractivity contribution < 1.29 is 19.1 Å². The summed E-state index contributed by atoms with van der Waals surface area (Å²) in [5.41, 5.74) is 2.53. The van der Waals surface area contributed by atoms with Gasteiger partial charge in [0.1, 0.15) is 17.5 Å². The first kappa shape index (κ1) is 30.3. The minimum atomic E-state index is -0.698. The quantitative estimate of drug-likeness (QED) is 0.301. The zero-order chi connectivity index (χ0) is 30.2. The third kappa shape index (κ3) is 7.44. The number of nitrogens with zero attached hydrogens (tertiary/aromatic N) is 4. The van der Waals surface area contributed by atoms with Crippen LogP contribution >= 0.6 is 12.2 Å². The van der Waals surface area contributed by atoms with Gasteiger partial charge in [-0.25, -0.2) is 0 Å². The van der Waals surface area contributed by atoms with Crippen LogP contribution in [0.25, 0.3) is 0 Å². The first-order valence-corrected chi connectivity index (χ1v) is 15.2. The van der Waals surface area contributed by atoms with E-state index in [2.05, 4.69) is 39.4 Å². The molecule has 1 N–H and O–H groups in total. The van der Waals surface area contributed by atoms with E-state index in [4.69, 9.17) is 21.7 Å². The largest absolute Gasteiger partial charge is 0.497 e. The third-order valence-corrected chi connectivity index (χ3v) is 8.24. The summed E-state index contributed by atoms with van der Waals surface area (Å²) in [5.74, 6) is 0.904. The predicted octanol–water partition coefficient (Wildman–Crippen LogP) is 4.64. The van der Waals surface area contributed by atoms with Crippen LogP contribution in [0.4, 0.5) is 17.1 Å². The molecule has 43 heavy (non-hydrogen) atoms. The average molecular weight is 602 g/mol. The Hall–Kier alpha value is -4.15. The number of benzene rings is 3.